The third kappa shape index (κ3) is 5.05. The summed E-state index contributed by atoms with van der Waals surface area (Å²) < 4.78 is 5.31. The average Bonchev–Trinajstić information content (AvgIpc) is 3.32. The Balaban J connectivity index is 1.39. The van der Waals surface area contributed by atoms with Gasteiger partial charge in [-0.25, -0.2) is 4.99 Å². The lowest BCUT2D eigenvalue weighted by molar-refractivity contribution is 0.0371. The largest absolute Gasteiger partial charge is 0.467 e. The number of benzene rings is 1. The molecule has 1 aromatic carbocycles. The van der Waals surface area contributed by atoms with Crippen molar-refractivity contribution in [1.82, 2.24) is 15.1 Å². The molecule has 30 heavy (non-hydrogen) atoms. The van der Waals surface area contributed by atoms with Crippen LogP contribution in [-0.4, -0.2) is 59.6 Å². The number of aliphatic hydroxyl groups is 1. The Labute approximate surface area is 179 Å². The molecular weight excluding hydrogens is 376 g/mol. The van der Waals surface area contributed by atoms with E-state index in [4.69, 9.17) is 9.41 Å². The number of aliphatic imine (C=N–C) groups is 1. The second-order valence-corrected chi connectivity index (χ2v) is 8.39. The van der Waals surface area contributed by atoms with Gasteiger partial charge in [0.1, 0.15) is 11.9 Å². The molecule has 4 rings (SSSR count). The molecule has 2 aliphatic rings. The highest BCUT2D eigenvalue weighted by Crippen LogP contribution is 2.31. The molecule has 0 spiro atoms. The first kappa shape index (κ1) is 20.9. The molecule has 6 heteroatoms. The van der Waals surface area contributed by atoms with Gasteiger partial charge in [-0.2, -0.15) is 0 Å². The van der Waals surface area contributed by atoms with Crippen molar-refractivity contribution in [3.05, 3.63) is 60.1 Å². The fourth-order valence-corrected chi connectivity index (χ4v) is 4.88. The van der Waals surface area contributed by atoms with Crippen LogP contribution in [0.1, 0.15) is 43.6 Å². The molecule has 3 heterocycles. The highest BCUT2D eigenvalue weighted by molar-refractivity contribution is 5.80. The van der Waals surface area contributed by atoms with Gasteiger partial charge in [-0.3, -0.25) is 4.90 Å². The van der Waals surface area contributed by atoms with Gasteiger partial charge < -0.3 is 19.7 Å². The van der Waals surface area contributed by atoms with Crippen molar-refractivity contribution in [1.29, 1.82) is 0 Å². The van der Waals surface area contributed by atoms with Crippen LogP contribution in [0.5, 0.6) is 0 Å². The van der Waals surface area contributed by atoms with E-state index in [0.29, 0.717) is 24.3 Å². The Bertz CT molecular complexity index is 793. The summed E-state index contributed by atoms with van der Waals surface area (Å²) in [6, 6.07) is 15.1. The number of likely N-dealkylation sites (tertiary alicyclic amines) is 2. The van der Waals surface area contributed by atoms with Crippen molar-refractivity contribution < 1.29 is 9.52 Å². The molecule has 0 bridgehead atoms. The number of furan rings is 1. The van der Waals surface area contributed by atoms with Crippen molar-refractivity contribution in [3.8, 4) is 0 Å². The zero-order valence-electron chi connectivity index (χ0n) is 17.9. The molecule has 0 amide bonds. The number of hydrogen-bond acceptors (Lipinski definition) is 4. The molecule has 2 saturated heterocycles. The SMILES string of the molecule is CCNC(=NCC(O)c1ccco1)N1CCC2C(CCCN2Cc2ccccc2)C1. The molecule has 1 aromatic heterocycles. The molecule has 0 saturated carbocycles. The second kappa shape index (κ2) is 10.1. The summed E-state index contributed by atoms with van der Waals surface area (Å²) in [7, 11) is 0. The number of guanidine groups is 1. The average molecular weight is 411 g/mol. The summed E-state index contributed by atoms with van der Waals surface area (Å²) in [5, 5.41) is 13.8. The molecule has 2 N–H and O–H groups in total. The Morgan fingerprint density at radius 3 is 2.83 bits per heavy atom. The minimum Gasteiger partial charge on any atom is -0.467 e. The van der Waals surface area contributed by atoms with Crippen LogP contribution in [0.4, 0.5) is 0 Å². The molecule has 3 unspecified atom stereocenters. The first-order valence-electron chi connectivity index (χ1n) is 11.3. The third-order valence-corrected chi connectivity index (χ3v) is 6.33. The zero-order valence-corrected chi connectivity index (χ0v) is 17.9. The fourth-order valence-electron chi connectivity index (χ4n) is 4.88. The molecular formula is C24H34N4O2. The summed E-state index contributed by atoms with van der Waals surface area (Å²) in [5.41, 5.74) is 1.40. The Morgan fingerprint density at radius 2 is 2.07 bits per heavy atom. The second-order valence-electron chi connectivity index (χ2n) is 8.39. The van der Waals surface area contributed by atoms with Crippen molar-refractivity contribution in [2.45, 2.75) is 44.9 Å². The van der Waals surface area contributed by atoms with E-state index in [1.807, 2.05) is 0 Å². The summed E-state index contributed by atoms with van der Waals surface area (Å²) in [5.74, 6) is 2.13. The van der Waals surface area contributed by atoms with E-state index in [1.54, 1.807) is 18.4 Å². The van der Waals surface area contributed by atoms with Crippen molar-refractivity contribution >= 4 is 5.96 Å². The van der Waals surface area contributed by atoms with Crippen molar-refractivity contribution in [2.75, 3.05) is 32.7 Å². The van der Waals surface area contributed by atoms with Crippen LogP contribution in [0.2, 0.25) is 0 Å². The van der Waals surface area contributed by atoms with E-state index >= 15 is 0 Å². The van der Waals surface area contributed by atoms with E-state index in [9.17, 15) is 5.11 Å². The van der Waals surface area contributed by atoms with Gasteiger partial charge in [-0.15, -0.1) is 0 Å². The number of hydrogen-bond donors (Lipinski definition) is 2. The number of aliphatic hydroxyl groups excluding tert-OH is 1. The van der Waals surface area contributed by atoms with Crippen molar-refractivity contribution in [3.63, 3.8) is 0 Å². The molecule has 0 radical (unpaired) electrons. The van der Waals surface area contributed by atoms with Crippen LogP contribution in [0.25, 0.3) is 0 Å². The number of nitrogens with one attached hydrogen (secondary N) is 1. The monoisotopic (exact) mass is 410 g/mol. The highest BCUT2D eigenvalue weighted by atomic mass is 16.4. The molecule has 162 valence electrons. The molecule has 6 nitrogen and oxygen atoms in total. The maximum absolute atomic E-state index is 10.3. The molecule has 2 aliphatic heterocycles. The summed E-state index contributed by atoms with van der Waals surface area (Å²) >= 11 is 0. The van der Waals surface area contributed by atoms with Crippen LogP contribution in [-0.2, 0) is 6.54 Å². The van der Waals surface area contributed by atoms with Crippen LogP contribution in [0.3, 0.4) is 0 Å². The lowest BCUT2D eigenvalue weighted by Gasteiger charge is -2.48. The summed E-state index contributed by atoms with van der Waals surface area (Å²) in [6.07, 6.45) is 4.57. The first-order valence-corrected chi connectivity index (χ1v) is 11.3. The van der Waals surface area contributed by atoms with Gasteiger partial charge in [-0.05, 0) is 56.3 Å². The summed E-state index contributed by atoms with van der Waals surface area (Å²) in [6.45, 7) is 7.48. The number of nitrogens with zero attached hydrogens (tertiary/aromatic N) is 3. The van der Waals surface area contributed by atoms with E-state index in [2.05, 4.69) is 52.4 Å². The van der Waals surface area contributed by atoms with Crippen LogP contribution in [0, 0.1) is 5.92 Å². The molecule has 2 aromatic rings. The van der Waals surface area contributed by atoms with E-state index in [0.717, 1.165) is 38.6 Å². The van der Waals surface area contributed by atoms with E-state index < -0.39 is 6.10 Å². The maximum atomic E-state index is 10.3. The third-order valence-electron chi connectivity index (χ3n) is 6.33. The quantitative estimate of drug-likeness (QED) is 0.565. The normalized spacial score (nSPS) is 23.8. The van der Waals surface area contributed by atoms with Gasteiger partial charge in [-0.1, -0.05) is 30.3 Å². The Morgan fingerprint density at radius 1 is 1.20 bits per heavy atom. The highest BCUT2D eigenvalue weighted by Gasteiger charge is 2.36. The molecule has 0 aliphatic carbocycles. The lowest BCUT2D eigenvalue weighted by Crippen LogP contribution is -2.56. The van der Waals surface area contributed by atoms with Crippen LogP contribution in [0.15, 0.2) is 58.1 Å². The number of fused-ring (bicyclic) bond motifs is 1. The predicted molar refractivity (Wildman–Crippen MR) is 119 cm³/mol. The topological polar surface area (TPSA) is 64.2 Å². The van der Waals surface area contributed by atoms with Gasteiger partial charge in [0.2, 0.25) is 0 Å². The maximum Gasteiger partial charge on any atom is 0.194 e. The predicted octanol–water partition coefficient (Wildman–Crippen LogP) is 3.27. The van der Waals surface area contributed by atoms with E-state index in [1.165, 1.54) is 24.9 Å². The van der Waals surface area contributed by atoms with Crippen LogP contribution >= 0.6 is 0 Å². The van der Waals surface area contributed by atoms with Crippen LogP contribution < -0.4 is 5.32 Å². The van der Waals surface area contributed by atoms with Gasteiger partial charge in [0.25, 0.3) is 0 Å². The number of rotatable bonds is 6. The molecule has 3 atom stereocenters. The minimum absolute atomic E-state index is 0.306. The first-order chi connectivity index (χ1) is 14.7. The zero-order chi connectivity index (χ0) is 20.8. The van der Waals surface area contributed by atoms with Gasteiger partial charge >= 0.3 is 0 Å². The van der Waals surface area contributed by atoms with Gasteiger partial charge in [0.15, 0.2) is 5.96 Å². The Hall–Kier alpha value is -2.31. The van der Waals surface area contributed by atoms with E-state index in [-0.39, 0.29) is 0 Å². The molecule has 2 fully saturated rings. The minimum atomic E-state index is -0.706. The summed E-state index contributed by atoms with van der Waals surface area (Å²) in [4.78, 5) is 9.79. The van der Waals surface area contributed by atoms with Gasteiger partial charge in [0, 0.05) is 32.2 Å². The lowest BCUT2D eigenvalue weighted by atomic mass is 9.83. The standard InChI is InChI=1S/C24H34N4O2/c1-2-25-24(26-16-22(29)23-11-7-15-30-23)28-14-12-21-20(18-28)10-6-13-27(21)17-19-8-4-3-5-9-19/h3-5,7-9,11,15,20-22,29H,2,6,10,12-14,16-18H2,1H3,(H,25,26). The number of piperidine rings is 2. The fraction of sp³-hybridized carbons (Fsp3) is 0.542. The van der Waals surface area contributed by atoms with Gasteiger partial charge in [0.05, 0.1) is 12.8 Å². The smallest absolute Gasteiger partial charge is 0.194 e. The Kier molecular flexibility index (Phi) is 7.07. The van der Waals surface area contributed by atoms with Crippen molar-refractivity contribution in [2.24, 2.45) is 10.9 Å².